The molecule has 8 heteroatoms. The topological polar surface area (TPSA) is 93.2 Å². The van der Waals surface area contributed by atoms with Gasteiger partial charge in [-0.05, 0) is 70.4 Å². The summed E-state index contributed by atoms with van der Waals surface area (Å²) < 4.78 is 5.48. The maximum Gasteiger partial charge on any atom is 0.410 e. The Hall–Kier alpha value is -2.90. The molecule has 2 aliphatic heterocycles. The fourth-order valence-corrected chi connectivity index (χ4v) is 4.71. The van der Waals surface area contributed by atoms with E-state index in [-0.39, 0.29) is 28.6 Å². The molecule has 0 unspecified atom stereocenters. The summed E-state index contributed by atoms with van der Waals surface area (Å²) in [4.78, 5) is 56.8. The fraction of sp³-hybridized carbons (Fsp3) is 0.565. The molecule has 1 aromatic rings. The number of nitrogens with zero attached hydrogens (tertiary/aromatic N) is 2. The van der Waals surface area contributed by atoms with E-state index in [2.05, 4.69) is 0 Å². The summed E-state index contributed by atoms with van der Waals surface area (Å²) >= 11 is 0. The number of ether oxygens (including phenoxy) is 1. The lowest BCUT2D eigenvalue weighted by Gasteiger charge is -2.36. The van der Waals surface area contributed by atoms with E-state index in [0.717, 1.165) is 19.3 Å². The van der Waals surface area contributed by atoms with E-state index in [1.165, 1.54) is 0 Å². The van der Waals surface area contributed by atoms with Crippen LogP contribution in [0.4, 0.5) is 4.79 Å². The van der Waals surface area contributed by atoms with Crippen molar-refractivity contribution in [3.8, 4) is 0 Å². The van der Waals surface area contributed by atoms with E-state index in [0.29, 0.717) is 31.0 Å². The van der Waals surface area contributed by atoms with Gasteiger partial charge in [-0.3, -0.25) is 9.59 Å². The second-order valence-corrected chi connectivity index (χ2v) is 9.79. The van der Waals surface area contributed by atoms with Crippen LogP contribution in [0.25, 0.3) is 0 Å². The van der Waals surface area contributed by atoms with Gasteiger partial charge < -0.3 is 14.5 Å². The van der Waals surface area contributed by atoms with Gasteiger partial charge in [0.05, 0.1) is 17.0 Å². The number of benzene rings is 1. The van der Waals surface area contributed by atoms with Crippen molar-refractivity contribution in [2.75, 3.05) is 13.1 Å². The Labute approximate surface area is 181 Å². The largest absolute Gasteiger partial charge is 0.444 e. The Morgan fingerprint density at radius 3 is 2.13 bits per heavy atom. The van der Waals surface area contributed by atoms with Crippen LogP contribution in [0.1, 0.15) is 73.6 Å². The van der Waals surface area contributed by atoms with Crippen molar-refractivity contribution in [2.45, 2.75) is 58.5 Å². The molecule has 0 radical (unpaired) electrons. The first kappa shape index (κ1) is 21.3. The summed E-state index contributed by atoms with van der Waals surface area (Å²) in [7, 11) is 0. The molecule has 3 amide bonds. The number of carbonyl (C=O) groups is 4. The van der Waals surface area contributed by atoms with Gasteiger partial charge in [0.25, 0.3) is 11.8 Å². The first-order valence-corrected chi connectivity index (χ1v) is 10.8. The van der Waals surface area contributed by atoms with E-state index in [1.807, 2.05) is 20.8 Å². The summed E-state index contributed by atoms with van der Waals surface area (Å²) in [5.41, 5.74) is -0.0474. The van der Waals surface area contributed by atoms with Gasteiger partial charge in [0.2, 0.25) is 0 Å². The van der Waals surface area contributed by atoms with E-state index < -0.39 is 23.4 Å². The second kappa shape index (κ2) is 7.66. The van der Waals surface area contributed by atoms with E-state index in [4.69, 9.17) is 9.57 Å². The van der Waals surface area contributed by atoms with Crippen LogP contribution in [0, 0.1) is 11.3 Å². The maximum atomic E-state index is 12.7. The molecule has 0 aromatic heterocycles. The van der Waals surface area contributed by atoms with E-state index >= 15 is 0 Å². The van der Waals surface area contributed by atoms with Gasteiger partial charge in [-0.1, -0.05) is 17.2 Å². The molecule has 8 nitrogen and oxygen atoms in total. The number of imide groups is 1. The zero-order valence-electron chi connectivity index (χ0n) is 18.2. The van der Waals surface area contributed by atoms with Gasteiger partial charge in [-0.25, -0.2) is 9.59 Å². The molecule has 2 heterocycles. The normalized spacial score (nSPS) is 25.7. The number of hydroxylamine groups is 2. The molecule has 2 fully saturated rings. The van der Waals surface area contributed by atoms with Crippen molar-refractivity contribution in [3.05, 3.63) is 35.4 Å². The summed E-state index contributed by atoms with van der Waals surface area (Å²) in [6, 6.07) is 6.42. The van der Waals surface area contributed by atoms with E-state index in [1.54, 1.807) is 29.2 Å². The molecule has 1 aromatic carbocycles. The quantitative estimate of drug-likeness (QED) is 0.669. The van der Waals surface area contributed by atoms with Crippen LogP contribution < -0.4 is 0 Å². The molecule has 3 aliphatic rings. The molecule has 31 heavy (non-hydrogen) atoms. The maximum absolute atomic E-state index is 12.7. The monoisotopic (exact) mass is 428 g/mol. The lowest BCUT2D eigenvalue weighted by atomic mass is 9.70. The number of hydrogen-bond donors (Lipinski definition) is 0. The zero-order chi connectivity index (χ0) is 22.4. The van der Waals surface area contributed by atoms with Crippen LogP contribution in [-0.4, -0.2) is 52.5 Å². The van der Waals surface area contributed by atoms with Gasteiger partial charge >= 0.3 is 12.1 Å². The van der Waals surface area contributed by atoms with Crippen molar-refractivity contribution >= 4 is 23.9 Å². The van der Waals surface area contributed by atoms with Crippen molar-refractivity contribution in [3.63, 3.8) is 0 Å². The summed E-state index contributed by atoms with van der Waals surface area (Å²) in [6.45, 7) is 6.83. The number of hydrogen-bond acceptors (Lipinski definition) is 6. The van der Waals surface area contributed by atoms with Crippen LogP contribution in [0.3, 0.4) is 0 Å². The Balaban J connectivity index is 1.32. The highest BCUT2D eigenvalue weighted by Gasteiger charge is 2.46. The van der Waals surface area contributed by atoms with Gasteiger partial charge in [0.1, 0.15) is 5.60 Å². The summed E-state index contributed by atoms with van der Waals surface area (Å²) in [6.07, 6.45) is 3.36. The van der Waals surface area contributed by atoms with Gasteiger partial charge in [0.15, 0.2) is 0 Å². The highest BCUT2D eigenvalue weighted by molar-refractivity contribution is 6.20. The van der Waals surface area contributed by atoms with Crippen LogP contribution in [0.15, 0.2) is 24.3 Å². The van der Waals surface area contributed by atoms with Crippen molar-refractivity contribution in [2.24, 2.45) is 11.3 Å². The van der Waals surface area contributed by atoms with E-state index in [9.17, 15) is 19.2 Å². The predicted octanol–water partition coefficient (Wildman–Crippen LogP) is 3.56. The molecular weight excluding hydrogens is 400 g/mol. The summed E-state index contributed by atoms with van der Waals surface area (Å²) in [5, 5.41) is 0.581. The highest BCUT2D eigenvalue weighted by atomic mass is 16.7. The van der Waals surface area contributed by atoms with Crippen LogP contribution in [0.5, 0.6) is 0 Å². The highest BCUT2D eigenvalue weighted by Crippen LogP contribution is 2.46. The first-order chi connectivity index (χ1) is 14.6. The predicted molar refractivity (Wildman–Crippen MR) is 110 cm³/mol. The van der Waals surface area contributed by atoms with Crippen molar-refractivity contribution < 1.29 is 28.8 Å². The smallest absolute Gasteiger partial charge is 0.410 e. The number of carbonyl (C=O) groups excluding carboxylic acids is 4. The molecule has 4 rings (SSSR count). The molecule has 1 spiro atoms. The molecule has 1 saturated heterocycles. The lowest BCUT2D eigenvalue weighted by molar-refractivity contribution is -0.175. The minimum absolute atomic E-state index is 0.0107. The van der Waals surface area contributed by atoms with Gasteiger partial charge in [-0.2, -0.15) is 0 Å². The molecule has 0 N–H and O–H groups in total. The fourth-order valence-electron chi connectivity index (χ4n) is 4.71. The average molecular weight is 428 g/mol. The second-order valence-electron chi connectivity index (χ2n) is 9.79. The SMILES string of the molecule is CC(C)(C)OC(=O)N1CCC2(CCC(C(=O)ON3C(=O)c4ccccc4C3=O)CC2)C1. The Bertz CT molecular complexity index is 891. The number of fused-ring (bicyclic) bond motifs is 1. The van der Waals surface area contributed by atoms with Gasteiger partial charge in [0, 0.05) is 13.1 Å². The Morgan fingerprint density at radius 1 is 1.00 bits per heavy atom. The van der Waals surface area contributed by atoms with Gasteiger partial charge in [-0.15, -0.1) is 0 Å². The molecule has 166 valence electrons. The third-order valence-electron chi connectivity index (χ3n) is 6.41. The molecule has 0 bridgehead atoms. The standard InChI is InChI=1S/C23H28N2O6/c1-22(2,3)30-21(29)24-13-12-23(14-24)10-8-15(9-11-23)20(28)31-25-18(26)16-6-4-5-7-17(16)19(25)27/h4-7,15H,8-14H2,1-3H3. The minimum Gasteiger partial charge on any atom is -0.444 e. The molecular formula is C23H28N2O6. The molecule has 1 saturated carbocycles. The molecule has 1 aliphatic carbocycles. The Morgan fingerprint density at radius 2 is 1.58 bits per heavy atom. The number of amides is 3. The lowest BCUT2D eigenvalue weighted by Crippen LogP contribution is -2.40. The van der Waals surface area contributed by atoms with Crippen LogP contribution in [0.2, 0.25) is 0 Å². The average Bonchev–Trinajstić information content (AvgIpc) is 3.23. The summed E-state index contributed by atoms with van der Waals surface area (Å²) in [5.74, 6) is -2.13. The Kier molecular flexibility index (Phi) is 5.27. The number of rotatable bonds is 2. The van der Waals surface area contributed by atoms with Crippen molar-refractivity contribution in [1.82, 2.24) is 9.96 Å². The molecule has 0 atom stereocenters. The van der Waals surface area contributed by atoms with Crippen LogP contribution >= 0.6 is 0 Å². The van der Waals surface area contributed by atoms with Crippen molar-refractivity contribution in [1.29, 1.82) is 0 Å². The minimum atomic E-state index is -0.606. The van der Waals surface area contributed by atoms with Crippen LogP contribution in [-0.2, 0) is 14.4 Å². The third kappa shape index (κ3) is 4.16. The number of likely N-dealkylation sites (tertiary alicyclic amines) is 1. The third-order valence-corrected chi connectivity index (χ3v) is 6.41. The first-order valence-electron chi connectivity index (χ1n) is 10.8. The zero-order valence-corrected chi connectivity index (χ0v) is 18.2.